The fourth-order valence-corrected chi connectivity index (χ4v) is 5.76. The topological polar surface area (TPSA) is 85.8 Å². The molecule has 0 N–H and O–H groups in total. The van der Waals surface area contributed by atoms with Gasteiger partial charge in [0, 0.05) is 41.7 Å². The molecule has 0 saturated heterocycles. The predicted octanol–water partition coefficient (Wildman–Crippen LogP) is 6.17. The van der Waals surface area contributed by atoms with Crippen LogP contribution in [0, 0.1) is 6.92 Å². The van der Waals surface area contributed by atoms with Crippen LogP contribution in [0.25, 0.3) is 10.9 Å². The van der Waals surface area contributed by atoms with Crippen molar-refractivity contribution in [3.63, 3.8) is 0 Å². The van der Waals surface area contributed by atoms with Crippen LogP contribution in [0.5, 0.6) is 5.75 Å². The lowest BCUT2D eigenvalue weighted by Crippen LogP contribution is -2.28. The van der Waals surface area contributed by atoms with Gasteiger partial charge in [0.1, 0.15) is 22.8 Å². The van der Waals surface area contributed by atoms with Crippen molar-refractivity contribution in [3.05, 3.63) is 63.8 Å². The summed E-state index contributed by atoms with van der Waals surface area (Å²) in [6.45, 7) is 4.28. The van der Waals surface area contributed by atoms with Gasteiger partial charge in [-0.1, -0.05) is 47.8 Å². The van der Waals surface area contributed by atoms with Crippen molar-refractivity contribution >= 4 is 50.1 Å². The van der Waals surface area contributed by atoms with Gasteiger partial charge in [0.05, 0.1) is 11.6 Å². The van der Waals surface area contributed by atoms with Crippen LogP contribution in [-0.4, -0.2) is 43.9 Å². The van der Waals surface area contributed by atoms with E-state index in [2.05, 4.69) is 4.98 Å². The Morgan fingerprint density at radius 2 is 1.83 bits per heavy atom. The summed E-state index contributed by atoms with van der Waals surface area (Å²) < 4.78 is 38.6. The maximum atomic E-state index is 13.2. The number of para-hydroxylation sites is 1. The third kappa shape index (κ3) is 6.88. The number of halogens is 2. The van der Waals surface area contributed by atoms with Gasteiger partial charge in [0.15, 0.2) is 0 Å². The molecule has 0 spiro atoms. The number of hydrogen-bond acceptors (Lipinski definition) is 6. The van der Waals surface area contributed by atoms with Crippen LogP contribution in [0.2, 0.25) is 10.0 Å². The van der Waals surface area contributed by atoms with E-state index in [4.69, 9.17) is 32.7 Å². The van der Waals surface area contributed by atoms with Gasteiger partial charge >= 0.3 is 5.97 Å². The standard InChI is InChI=1S/C26H30Cl2N2O5S/c1-4-34-24(31)11-6-5-7-16-30(3)36(32,33)23-15-14-21(27)20(25(23)28)17-35-22-10-8-9-19-13-12-18(2)29-26(19)22/h8-10,12-15H,4-7,11,16-17H2,1-3H3. The normalized spacial score (nSPS) is 11.7. The molecule has 2 aromatic carbocycles. The molecular formula is C26H30Cl2N2O5S. The molecule has 0 fully saturated rings. The summed E-state index contributed by atoms with van der Waals surface area (Å²) in [4.78, 5) is 16.0. The summed E-state index contributed by atoms with van der Waals surface area (Å²) in [7, 11) is -2.36. The monoisotopic (exact) mass is 552 g/mol. The molecule has 7 nitrogen and oxygen atoms in total. The molecule has 1 heterocycles. The van der Waals surface area contributed by atoms with E-state index in [1.807, 2.05) is 31.2 Å². The average molecular weight is 554 g/mol. The molecule has 0 aliphatic carbocycles. The Hall–Kier alpha value is -2.39. The Balaban J connectivity index is 1.71. The summed E-state index contributed by atoms with van der Waals surface area (Å²) in [6.07, 6.45) is 2.26. The molecule has 3 rings (SSSR count). The molecule has 1 aromatic heterocycles. The fraction of sp³-hybridized carbons (Fsp3) is 0.385. The maximum absolute atomic E-state index is 13.2. The lowest BCUT2D eigenvalue weighted by molar-refractivity contribution is -0.143. The van der Waals surface area contributed by atoms with Crippen LogP contribution >= 0.6 is 23.2 Å². The molecule has 0 atom stereocenters. The molecule has 0 unspecified atom stereocenters. The van der Waals surface area contributed by atoms with Crippen molar-refractivity contribution < 1.29 is 22.7 Å². The number of rotatable bonds is 12. The maximum Gasteiger partial charge on any atom is 0.305 e. The first-order valence-corrected chi connectivity index (χ1v) is 13.9. The number of nitrogens with zero attached hydrogens (tertiary/aromatic N) is 2. The largest absolute Gasteiger partial charge is 0.487 e. The van der Waals surface area contributed by atoms with Crippen LogP contribution < -0.4 is 4.74 Å². The number of fused-ring (bicyclic) bond motifs is 1. The number of sulfonamides is 1. The van der Waals surface area contributed by atoms with E-state index < -0.39 is 10.0 Å². The Bertz CT molecular complexity index is 1330. The van der Waals surface area contributed by atoms with Crippen LogP contribution in [0.1, 0.15) is 43.9 Å². The number of pyridine rings is 1. The molecule has 0 aliphatic rings. The smallest absolute Gasteiger partial charge is 0.305 e. The first-order chi connectivity index (χ1) is 17.1. The minimum Gasteiger partial charge on any atom is -0.487 e. The van der Waals surface area contributed by atoms with Crippen molar-refractivity contribution in [1.82, 2.24) is 9.29 Å². The second-order valence-electron chi connectivity index (χ2n) is 8.35. The average Bonchev–Trinajstić information content (AvgIpc) is 2.83. The highest BCUT2D eigenvalue weighted by Gasteiger charge is 2.26. The number of benzene rings is 2. The number of esters is 1. The van der Waals surface area contributed by atoms with Crippen LogP contribution in [0.3, 0.4) is 0 Å². The van der Waals surface area contributed by atoms with Crippen molar-refractivity contribution in [2.45, 2.75) is 51.0 Å². The minimum atomic E-state index is -3.86. The predicted molar refractivity (Wildman–Crippen MR) is 142 cm³/mol. The van der Waals surface area contributed by atoms with Gasteiger partial charge in [0.2, 0.25) is 10.0 Å². The van der Waals surface area contributed by atoms with E-state index in [1.54, 1.807) is 13.0 Å². The zero-order valence-corrected chi connectivity index (χ0v) is 22.9. The van der Waals surface area contributed by atoms with Crippen LogP contribution in [-0.2, 0) is 26.2 Å². The Labute approximate surface area is 222 Å². The highest BCUT2D eigenvalue weighted by atomic mass is 35.5. The SMILES string of the molecule is CCOC(=O)CCCCCN(C)S(=O)(=O)c1ccc(Cl)c(COc2cccc3ccc(C)nc23)c1Cl. The number of aryl methyl sites for hydroxylation is 1. The number of carbonyl (C=O) groups is 1. The second kappa shape index (κ2) is 12.7. The molecular weight excluding hydrogens is 523 g/mol. The Morgan fingerprint density at radius 1 is 1.06 bits per heavy atom. The van der Waals surface area contributed by atoms with Gasteiger partial charge < -0.3 is 9.47 Å². The van der Waals surface area contributed by atoms with E-state index in [-0.39, 0.29) is 29.0 Å². The molecule has 0 saturated carbocycles. The molecule has 36 heavy (non-hydrogen) atoms. The third-order valence-corrected chi connectivity index (χ3v) is 8.49. The third-order valence-electron chi connectivity index (χ3n) is 5.69. The van der Waals surface area contributed by atoms with Crippen LogP contribution in [0.4, 0.5) is 0 Å². The minimum absolute atomic E-state index is 0.0205. The first kappa shape index (κ1) is 28.2. The van der Waals surface area contributed by atoms with E-state index in [0.29, 0.717) is 54.1 Å². The molecule has 0 radical (unpaired) electrons. The Kier molecular flexibility index (Phi) is 9.96. The van der Waals surface area contributed by atoms with Gasteiger partial charge in [-0.2, -0.15) is 0 Å². The number of carbonyl (C=O) groups excluding carboxylic acids is 1. The molecule has 194 valence electrons. The molecule has 10 heteroatoms. The quantitative estimate of drug-likeness (QED) is 0.197. The number of aromatic nitrogens is 1. The Morgan fingerprint density at radius 3 is 2.58 bits per heavy atom. The molecule has 3 aromatic rings. The van der Waals surface area contributed by atoms with E-state index in [9.17, 15) is 13.2 Å². The molecule has 0 amide bonds. The highest BCUT2D eigenvalue weighted by Crippen LogP contribution is 2.34. The zero-order valence-electron chi connectivity index (χ0n) is 20.6. The summed E-state index contributed by atoms with van der Waals surface area (Å²) in [5.74, 6) is 0.312. The van der Waals surface area contributed by atoms with E-state index >= 15 is 0 Å². The van der Waals surface area contributed by atoms with Crippen molar-refractivity contribution in [2.75, 3.05) is 20.2 Å². The number of hydrogen-bond donors (Lipinski definition) is 0. The van der Waals surface area contributed by atoms with Gasteiger partial charge in [-0.05, 0) is 51.0 Å². The first-order valence-electron chi connectivity index (χ1n) is 11.7. The summed E-state index contributed by atoms with van der Waals surface area (Å²) in [5, 5.41) is 1.27. The second-order valence-corrected chi connectivity index (χ2v) is 11.1. The lowest BCUT2D eigenvalue weighted by Gasteiger charge is -2.20. The van der Waals surface area contributed by atoms with Crippen molar-refractivity contribution in [1.29, 1.82) is 0 Å². The lowest BCUT2D eigenvalue weighted by atomic mass is 10.2. The number of unbranched alkanes of at least 4 members (excludes halogenated alkanes) is 2. The molecule has 0 bridgehead atoms. The summed E-state index contributed by atoms with van der Waals surface area (Å²) in [5.41, 5.74) is 1.94. The molecule has 0 aliphatic heterocycles. The summed E-state index contributed by atoms with van der Waals surface area (Å²) >= 11 is 12.9. The van der Waals surface area contributed by atoms with E-state index in [0.717, 1.165) is 11.1 Å². The van der Waals surface area contributed by atoms with Crippen molar-refractivity contribution in [3.8, 4) is 5.75 Å². The fourth-order valence-electron chi connectivity index (χ4n) is 3.69. The van der Waals surface area contributed by atoms with E-state index in [1.165, 1.54) is 23.5 Å². The number of ether oxygens (including phenoxy) is 2. The summed E-state index contributed by atoms with van der Waals surface area (Å²) in [6, 6.07) is 12.4. The highest BCUT2D eigenvalue weighted by molar-refractivity contribution is 7.89. The van der Waals surface area contributed by atoms with Gasteiger partial charge in [-0.3, -0.25) is 4.79 Å². The van der Waals surface area contributed by atoms with Gasteiger partial charge in [-0.15, -0.1) is 0 Å². The van der Waals surface area contributed by atoms with Gasteiger partial charge in [-0.25, -0.2) is 17.7 Å². The van der Waals surface area contributed by atoms with Crippen molar-refractivity contribution in [2.24, 2.45) is 0 Å². The van der Waals surface area contributed by atoms with Gasteiger partial charge in [0.25, 0.3) is 0 Å². The zero-order chi connectivity index (χ0) is 26.3. The van der Waals surface area contributed by atoms with Crippen LogP contribution in [0.15, 0.2) is 47.4 Å².